The van der Waals surface area contributed by atoms with Crippen LogP contribution in [0.25, 0.3) is 22.5 Å². The second-order valence-corrected chi connectivity index (χ2v) is 8.72. The molecule has 0 aliphatic carbocycles. The fraction of sp³-hybridized carbons (Fsp3) is 0.138. The number of hydrogen-bond donors (Lipinski definition) is 1. The van der Waals surface area contributed by atoms with Crippen LogP contribution in [-0.4, -0.2) is 35.7 Å². The van der Waals surface area contributed by atoms with E-state index in [1.54, 1.807) is 10.8 Å². The van der Waals surface area contributed by atoms with Crippen LogP contribution in [0.15, 0.2) is 103 Å². The van der Waals surface area contributed by atoms with Gasteiger partial charge >= 0.3 is 5.69 Å². The van der Waals surface area contributed by atoms with Crippen molar-refractivity contribution in [3.63, 3.8) is 0 Å². The average molecular weight is 491 g/mol. The molecule has 37 heavy (non-hydrogen) atoms. The van der Waals surface area contributed by atoms with E-state index in [2.05, 4.69) is 27.2 Å². The maximum absolute atomic E-state index is 13.3. The first kappa shape index (κ1) is 23.9. The van der Waals surface area contributed by atoms with E-state index in [9.17, 15) is 9.59 Å². The van der Waals surface area contributed by atoms with Gasteiger partial charge in [0.05, 0.1) is 13.0 Å². The Morgan fingerprint density at radius 2 is 1.65 bits per heavy atom. The minimum atomic E-state index is -0.327. The van der Waals surface area contributed by atoms with Crippen LogP contribution in [0.3, 0.4) is 0 Å². The second kappa shape index (κ2) is 10.8. The van der Waals surface area contributed by atoms with Crippen LogP contribution in [0.5, 0.6) is 0 Å². The molecule has 0 bridgehead atoms. The normalized spacial score (nSPS) is 10.9. The van der Waals surface area contributed by atoms with Gasteiger partial charge in [-0.3, -0.25) is 9.36 Å². The summed E-state index contributed by atoms with van der Waals surface area (Å²) in [6.07, 6.45) is 4.99. The Labute approximate surface area is 213 Å². The number of H-pyrrole nitrogens is 1. The molecule has 0 radical (unpaired) electrons. The van der Waals surface area contributed by atoms with E-state index >= 15 is 0 Å². The largest absolute Gasteiger partial charge is 0.335 e. The predicted molar refractivity (Wildman–Crippen MR) is 142 cm³/mol. The third-order valence-electron chi connectivity index (χ3n) is 6.25. The molecule has 8 heteroatoms. The van der Waals surface area contributed by atoms with E-state index in [4.69, 9.17) is 0 Å². The molecule has 8 nitrogen and oxygen atoms in total. The molecule has 0 unspecified atom stereocenters. The summed E-state index contributed by atoms with van der Waals surface area (Å²) >= 11 is 0. The molecule has 184 valence electrons. The predicted octanol–water partition coefficient (Wildman–Crippen LogP) is 4.55. The standard InChI is InChI=1S/C29H26N6O2/c1-2-3-11-24-20-35(27(36)18-21-9-5-4-6-10-21)29(37)34(24)19-22-14-16-23(17-15-22)25-12-7-8-13-26(25)28-30-32-33-31-28/h2,4-10,12-17,20H,1,3,11,18-19H2,(H,30,31,32,33). The highest BCUT2D eigenvalue weighted by Gasteiger charge is 2.17. The van der Waals surface area contributed by atoms with Crippen molar-refractivity contribution in [2.24, 2.45) is 0 Å². The van der Waals surface area contributed by atoms with Gasteiger partial charge in [0, 0.05) is 17.5 Å². The summed E-state index contributed by atoms with van der Waals surface area (Å²) in [5.74, 6) is 0.280. The Morgan fingerprint density at radius 3 is 2.35 bits per heavy atom. The minimum Gasteiger partial charge on any atom is -0.292 e. The quantitative estimate of drug-likeness (QED) is 0.306. The van der Waals surface area contributed by atoms with Gasteiger partial charge < -0.3 is 0 Å². The Balaban J connectivity index is 1.42. The van der Waals surface area contributed by atoms with Gasteiger partial charge in [0.1, 0.15) is 0 Å². The topological polar surface area (TPSA) is 98.5 Å². The van der Waals surface area contributed by atoms with E-state index < -0.39 is 0 Å². The van der Waals surface area contributed by atoms with Crippen LogP contribution in [0, 0.1) is 0 Å². The first-order chi connectivity index (χ1) is 18.1. The van der Waals surface area contributed by atoms with E-state index in [1.165, 1.54) is 4.57 Å². The molecule has 5 rings (SSSR count). The van der Waals surface area contributed by atoms with E-state index in [1.807, 2.05) is 84.9 Å². The number of nitrogens with one attached hydrogen (secondary N) is 1. The van der Waals surface area contributed by atoms with Gasteiger partial charge in [0.25, 0.3) is 0 Å². The second-order valence-electron chi connectivity index (χ2n) is 8.72. The van der Waals surface area contributed by atoms with Crippen LogP contribution in [0.4, 0.5) is 0 Å². The number of imidazole rings is 1. The number of aromatic nitrogens is 6. The van der Waals surface area contributed by atoms with E-state index in [-0.39, 0.29) is 18.0 Å². The zero-order valence-electron chi connectivity index (χ0n) is 20.2. The Hall–Kier alpha value is -4.85. The number of benzene rings is 3. The molecule has 2 aromatic heterocycles. The van der Waals surface area contributed by atoms with Crippen LogP contribution in [0.1, 0.15) is 28.0 Å². The van der Waals surface area contributed by atoms with Crippen molar-refractivity contribution < 1.29 is 4.79 Å². The molecule has 0 saturated heterocycles. The van der Waals surface area contributed by atoms with Gasteiger partial charge in [-0.05, 0) is 40.3 Å². The maximum Gasteiger partial charge on any atom is 0.335 e. The first-order valence-electron chi connectivity index (χ1n) is 12.1. The minimum absolute atomic E-state index is 0.167. The fourth-order valence-corrected chi connectivity index (χ4v) is 4.36. The van der Waals surface area contributed by atoms with Crippen molar-refractivity contribution in [1.29, 1.82) is 0 Å². The molecule has 0 aliphatic rings. The molecule has 0 spiro atoms. The lowest BCUT2D eigenvalue weighted by Gasteiger charge is -2.10. The van der Waals surface area contributed by atoms with E-state index in [0.29, 0.717) is 25.2 Å². The molecule has 3 aromatic carbocycles. The summed E-state index contributed by atoms with van der Waals surface area (Å²) in [7, 11) is 0. The van der Waals surface area contributed by atoms with Crippen LogP contribution >= 0.6 is 0 Å². The van der Waals surface area contributed by atoms with E-state index in [0.717, 1.165) is 33.5 Å². The molecule has 0 atom stereocenters. The maximum atomic E-state index is 13.3. The van der Waals surface area contributed by atoms with Gasteiger partial charge in [0.15, 0.2) is 0 Å². The number of nitrogens with zero attached hydrogens (tertiary/aromatic N) is 5. The zero-order chi connectivity index (χ0) is 25.6. The zero-order valence-corrected chi connectivity index (χ0v) is 20.2. The SMILES string of the molecule is C=CCCc1cn(C(=O)Cc2ccccc2)c(=O)n1Cc1ccc(-c2ccccc2-c2nn[nH]n2)cc1. The number of carbonyl (C=O) groups excluding carboxylic acids is 1. The smallest absolute Gasteiger partial charge is 0.292 e. The summed E-state index contributed by atoms with van der Waals surface area (Å²) in [5, 5.41) is 14.4. The highest BCUT2D eigenvalue weighted by atomic mass is 16.2. The van der Waals surface area contributed by atoms with Gasteiger partial charge in [-0.1, -0.05) is 84.9 Å². The van der Waals surface area contributed by atoms with Gasteiger partial charge in [-0.25, -0.2) is 9.36 Å². The highest BCUT2D eigenvalue weighted by molar-refractivity contribution is 5.81. The number of hydrogen-bond acceptors (Lipinski definition) is 5. The molecular formula is C29H26N6O2. The molecule has 1 N–H and O–H groups in total. The monoisotopic (exact) mass is 490 g/mol. The fourth-order valence-electron chi connectivity index (χ4n) is 4.36. The first-order valence-corrected chi connectivity index (χ1v) is 12.1. The van der Waals surface area contributed by atoms with Crippen molar-refractivity contribution in [3.8, 4) is 22.5 Å². The van der Waals surface area contributed by atoms with Gasteiger partial charge in [0.2, 0.25) is 11.7 Å². The van der Waals surface area contributed by atoms with Crippen molar-refractivity contribution in [3.05, 3.63) is 125 Å². The van der Waals surface area contributed by atoms with Crippen LogP contribution < -0.4 is 5.69 Å². The van der Waals surface area contributed by atoms with Crippen molar-refractivity contribution in [2.45, 2.75) is 25.8 Å². The lowest BCUT2D eigenvalue weighted by Crippen LogP contribution is -2.30. The molecule has 0 amide bonds. The van der Waals surface area contributed by atoms with Crippen molar-refractivity contribution in [2.75, 3.05) is 0 Å². The lowest BCUT2D eigenvalue weighted by atomic mass is 9.98. The average Bonchev–Trinajstić information content (AvgIpc) is 3.57. The summed E-state index contributed by atoms with van der Waals surface area (Å²) < 4.78 is 2.91. The van der Waals surface area contributed by atoms with Crippen LogP contribution in [-0.2, 0) is 19.4 Å². The molecular weight excluding hydrogens is 464 g/mol. The summed E-state index contributed by atoms with van der Waals surface area (Å²) in [4.78, 5) is 26.3. The number of aryl methyl sites for hydroxylation is 1. The third kappa shape index (κ3) is 5.23. The van der Waals surface area contributed by atoms with Crippen molar-refractivity contribution in [1.82, 2.24) is 29.8 Å². The molecule has 5 aromatic rings. The highest BCUT2D eigenvalue weighted by Crippen LogP contribution is 2.29. The van der Waals surface area contributed by atoms with Crippen LogP contribution in [0.2, 0.25) is 0 Å². The Kier molecular flexibility index (Phi) is 6.98. The Bertz CT molecular complexity index is 1570. The molecule has 0 aliphatic heterocycles. The molecule has 2 heterocycles. The third-order valence-corrected chi connectivity index (χ3v) is 6.25. The number of aromatic amines is 1. The number of rotatable bonds is 9. The summed E-state index contributed by atoms with van der Waals surface area (Å²) in [6, 6.07) is 25.3. The summed E-state index contributed by atoms with van der Waals surface area (Å²) in [5.41, 5.74) is 5.16. The number of allylic oxidation sites excluding steroid dienone is 1. The van der Waals surface area contributed by atoms with Gasteiger partial charge in [-0.15, -0.1) is 16.8 Å². The van der Waals surface area contributed by atoms with Crippen molar-refractivity contribution >= 4 is 5.91 Å². The lowest BCUT2D eigenvalue weighted by molar-refractivity contribution is 0.0909. The molecule has 0 fully saturated rings. The number of tetrazole rings is 1. The summed E-state index contributed by atoms with van der Waals surface area (Å²) in [6.45, 7) is 4.16. The Morgan fingerprint density at radius 1 is 0.919 bits per heavy atom. The molecule has 0 saturated carbocycles. The van der Waals surface area contributed by atoms with Gasteiger partial charge in [-0.2, -0.15) is 5.21 Å². The number of carbonyl (C=O) groups is 1.